The van der Waals surface area contributed by atoms with E-state index in [2.05, 4.69) is 4.98 Å². The highest BCUT2D eigenvalue weighted by Gasteiger charge is 2.20. The van der Waals surface area contributed by atoms with Crippen LogP contribution >= 0.6 is 0 Å². The first kappa shape index (κ1) is 10.8. The van der Waals surface area contributed by atoms with Gasteiger partial charge in [0.2, 0.25) is 5.82 Å². The second-order valence-electron chi connectivity index (χ2n) is 3.43. The molecule has 0 amide bonds. The number of aromatic nitrogens is 2. The van der Waals surface area contributed by atoms with Crippen LogP contribution in [0.5, 0.6) is 0 Å². The summed E-state index contributed by atoms with van der Waals surface area (Å²) in [4.78, 5) is 14.5. The number of nitro groups is 1. The molecule has 2 aromatic heterocycles. The summed E-state index contributed by atoms with van der Waals surface area (Å²) in [5.41, 5.74) is 0.740. The number of nitrogens with zero attached hydrogens (tertiary/aromatic N) is 4. The molecule has 17 heavy (non-hydrogen) atoms. The second-order valence-corrected chi connectivity index (χ2v) is 3.43. The van der Waals surface area contributed by atoms with Crippen molar-refractivity contribution >= 4 is 5.69 Å². The van der Waals surface area contributed by atoms with Gasteiger partial charge in [0, 0.05) is 18.0 Å². The normalized spacial score (nSPS) is 9.88. The lowest BCUT2D eigenvalue weighted by atomic mass is 10.2. The maximum absolute atomic E-state index is 11.0. The molecule has 6 nitrogen and oxygen atoms in total. The van der Waals surface area contributed by atoms with Gasteiger partial charge in [-0.25, -0.2) is 4.98 Å². The minimum Gasteiger partial charge on any atom is -0.287 e. The van der Waals surface area contributed by atoms with Gasteiger partial charge in [-0.1, -0.05) is 0 Å². The monoisotopic (exact) mass is 228 g/mol. The largest absolute Gasteiger partial charge is 0.315 e. The predicted molar refractivity (Wildman–Crippen MR) is 59.7 cm³/mol. The molecule has 0 fully saturated rings. The van der Waals surface area contributed by atoms with Crippen LogP contribution in [0.2, 0.25) is 0 Å². The Morgan fingerprint density at radius 1 is 1.53 bits per heavy atom. The molecule has 2 rings (SSSR count). The third kappa shape index (κ3) is 1.74. The smallest absolute Gasteiger partial charge is 0.287 e. The molecule has 0 bridgehead atoms. The van der Waals surface area contributed by atoms with Crippen molar-refractivity contribution in [1.29, 1.82) is 5.26 Å². The van der Waals surface area contributed by atoms with Crippen LogP contribution in [0.4, 0.5) is 5.69 Å². The van der Waals surface area contributed by atoms with E-state index in [9.17, 15) is 10.1 Å². The Kier molecular flexibility index (Phi) is 2.58. The van der Waals surface area contributed by atoms with E-state index < -0.39 is 4.92 Å². The summed E-state index contributed by atoms with van der Waals surface area (Å²) in [5.74, 6) is 0.163. The van der Waals surface area contributed by atoms with Crippen molar-refractivity contribution in [2.75, 3.05) is 0 Å². The number of rotatable bonds is 2. The predicted octanol–water partition coefficient (Wildman–Crippen LogP) is 1.96. The topological polar surface area (TPSA) is 84.8 Å². The first-order valence-corrected chi connectivity index (χ1v) is 4.83. The fourth-order valence-corrected chi connectivity index (χ4v) is 1.59. The molecule has 6 heteroatoms. The summed E-state index contributed by atoms with van der Waals surface area (Å²) < 4.78 is 1.41. The fraction of sp³-hybridized carbons (Fsp3) is 0.0909. The Balaban J connectivity index is 2.73. The van der Waals surface area contributed by atoms with Gasteiger partial charge in [-0.2, -0.15) is 5.26 Å². The van der Waals surface area contributed by atoms with Gasteiger partial charge < -0.3 is 0 Å². The zero-order valence-electron chi connectivity index (χ0n) is 8.99. The van der Waals surface area contributed by atoms with Gasteiger partial charge in [-0.15, -0.1) is 0 Å². The minimum atomic E-state index is -0.487. The van der Waals surface area contributed by atoms with Crippen LogP contribution in [0.15, 0.2) is 30.6 Å². The highest BCUT2D eigenvalue weighted by molar-refractivity contribution is 5.54. The minimum absolute atomic E-state index is 0.0831. The molecule has 0 aliphatic carbocycles. The summed E-state index contributed by atoms with van der Waals surface area (Å²) in [6, 6.07) is 6.75. The summed E-state index contributed by atoms with van der Waals surface area (Å²) in [7, 11) is 0. The molecule has 84 valence electrons. The van der Waals surface area contributed by atoms with Crippen molar-refractivity contribution in [2.24, 2.45) is 0 Å². The van der Waals surface area contributed by atoms with Crippen LogP contribution in [0.3, 0.4) is 0 Å². The van der Waals surface area contributed by atoms with Crippen molar-refractivity contribution in [3.05, 3.63) is 52.0 Å². The van der Waals surface area contributed by atoms with E-state index in [4.69, 9.17) is 5.26 Å². The SMILES string of the molecule is Cc1ccnc(-n2cccc2C#N)c1[N+](=O)[O-]. The van der Waals surface area contributed by atoms with E-state index in [1.54, 1.807) is 31.3 Å². The highest BCUT2D eigenvalue weighted by Crippen LogP contribution is 2.25. The van der Waals surface area contributed by atoms with E-state index in [0.717, 1.165) is 0 Å². The lowest BCUT2D eigenvalue weighted by Gasteiger charge is -2.05. The summed E-state index contributed by atoms with van der Waals surface area (Å²) >= 11 is 0. The molecule has 0 unspecified atom stereocenters. The Bertz CT molecular complexity index is 625. The number of hydrogen-bond acceptors (Lipinski definition) is 4. The Morgan fingerprint density at radius 2 is 2.29 bits per heavy atom. The van der Waals surface area contributed by atoms with Crippen molar-refractivity contribution < 1.29 is 4.92 Å². The first-order valence-electron chi connectivity index (χ1n) is 4.83. The molecule has 0 saturated heterocycles. The van der Waals surface area contributed by atoms with E-state index in [0.29, 0.717) is 11.3 Å². The lowest BCUT2D eigenvalue weighted by molar-refractivity contribution is -0.385. The van der Waals surface area contributed by atoms with Crippen LogP contribution in [0, 0.1) is 28.4 Å². The van der Waals surface area contributed by atoms with Gasteiger partial charge in [0.15, 0.2) is 0 Å². The maximum atomic E-state index is 11.0. The van der Waals surface area contributed by atoms with Crippen LogP contribution in [-0.4, -0.2) is 14.5 Å². The first-order chi connectivity index (χ1) is 8.15. The van der Waals surface area contributed by atoms with E-state index in [1.807, 2.05) is 6.07 Å². The molecule has 0 N–H and O–H groups in total. The van der Waals surface area contributed by atoms with E-state index in [1.165, 1.54) is 10.8 Å². The Hall–Kier alpha value is -2.68. The second kappa shape index (κ2) is 4.06. The molecule has 0 aliphatic rings. The molecular formula is C11H8N4O2. The fourth-order valence-electron chi connectivity index (χ4n) is 1.59. The van der Waals surface area contributed by atoms with E-state index >= 15 is 0 Å². The molecule has 0 spiro atoms. The average molecular weight is 228 g/mol. The summed E-state index contributed by atoms with van der Waals surface area (Å²) in [6.07, 6.45) is 3.06. The van der Waals surface area contributed by atoms with Gasteiger partial charge in [-0.3, -0.25) is 14.7 Å². The standard InChI is InChI=1S/C11H8N4O2/c1-8-4-5-13-11(10(8)15(16)17)14-6-2-3-9(14)7-12/h2-6H,1H3. The number of hydrogen-bond donors (Lipinski definition) is 0. The Morgan fingerprint density at radius 3 is 2.94 bits per heavy atom. The van der Waals surface area contributed by atoms with Crippen molar-refractivity contribution in [3.8, 4) is 11.9 Å². The molecule has 0 aliphatic heterocycles. The van der Waals surface area contributed by atoms with Crippen LogP contribution in [-0.2, 0) is 0 Å². The molecule has 2 aromatic rings. The molecule has 0 saturated carbocycles. The number of nitriles is 1. The number of pyridine rings is 1. The van der Waals surface area contributed by atoms with Crippen LogP contribution in [0.1, 0.15) is 11.3 Å². The Labute approximate surface area is 96.9 Å². The van der Waals surface area contributed by atoms with Crippen molar-refractivity contribution in [2.45, 2.75) is 6.92 Å². The average Bonchev–Trinajstić information content (AvgIpc) is 2.75. The van der Waals surface area contributed by atoms with E-state index in [-0.39, 0.29) is 11.5 Å². The number of aryl methyl sites for hydroxylation is 1. The van der Waals surface area contributed by atoms with Gasteiger partial charge >= 0.3 is 5.69 Å². The summed E-state index contributed by atoms with van der Waals surface area (Å²) in [6.45, 7) is 1.64. The molecule has 2 heterocycles. The third-order valence-corrected chi connectivity index (χ3v) is 2.38. The van der Waals surface area contributed by atoms with Crippen molar-refractivity contribution in [1.82, 2.24) is 9.55 Å². The van der Waals surface area contributed by atoms with Gasteiger partial charge in [0.1, 0.15) is 11.8 Å². The molecule has 0 aromatic carbocycles. The van der Waals surface area contributed by atoms with Gasteiger partial charge in [0.05, 0.1) is 4.92 Å². The molecule has 0 radical (unpaired) electrons. The van der Waals surface area contributed by atoms with Gasteiger partial charge in [0.25, 0.3) is 0 Å². The zero-order chi connectivity index (χ0) is 12.4. The lowest BCUT2D eigenvalue weighted by Crippen LogP contribution is -2.05. The van der Waals surface area contributed by atoms with Gasteiger partial charge in [-0.05, 0) is 25.1 Å². The van der Waals surface area contributed by atoms with Crippen molar-refractivity contribution in [3.63, 3.8) is 0 Å². The van der Waals surface area contributed by atoms with Crippen LogP contribution < -0.4 is 0 Å². The zero-order valence-corrected chi connectivity index (χ0v) is 8.99. The molecule has 0 atom stereocenters. The van der Waals surface area contributed by atoms with Crippen LogP contribution in [0.25, 0.3) is 5.82 Å². The summed E-state index contributed by atoms with van der Waals surface area (Å²) in [5, 5.41) is 19.9. The molecular weight excluding hydrogens is 220 g/mol. The highest BCUT2D eigenvalue weighted by atomic mass is 16.6. The quantitative estimate of drug-likeness (QED) is 0.580. The maximum Gasteiger partial charge on any atom is 0.315 e. The third-order valence-electron chi connectivity index (χ3n) is 2.38.